The van der Waals surface area contributed by atoms with Crippen molar-refractivity contribution >= 4 is 22.9 Å². The van der Waals surface area contributed by atoms with Gasteiger partial charge in [-0.2, -0.15) is 0 Å². The van der Waals surface area contributed by atoms with Gasteiger partial charge in [0, 0.05) is 11.5 Å². The van der Waals surface area contributed by atoms with Crippen LogP contribution in [0.1, 0.15) is 38.3 Å². The summed E-state index contributed by atoms with van der Waals surface area (Å²) in [5.41, 5.74) is 0.623. The van der Waals surface area contributed by atoms with E-state index in [1.165, 1.54) is 11.0 Å². The van der Waals surface area contributed by atoms with Gasteiger partial charge in [0.2, 0.25) is 0 Å². The number of fused-ring (bicyclic) bond motifs is 1. The maximum absolute atomic E-state index is 12.8. The van der Waals surface area contributed by atoms with Crippen molar-refractivity contribution in [3.8, 4) is 0 Å². The third-order valence-corrected chi connectivity index (χ3v) is 4.48. The molecule has 1 aromatic heterocycles. The normalized spacial score (nSPS) is 20.6. The molecule has 25 heavy (non-hydrogen) atoms. The van der Waals surface area contributed by atoms with E-state index in [2.05, 4.69) is 5.32 Å². The van der Waals surface area contributed by atoms with Crippen LogP contribution in [0.25, 0.3) is 11.0 Å². The molecule has 1 N–H and O–H groups in total. The molecule has 0 radical (unpaired) electrons. The molecule has 3 rings (SSSR count). The summed E-state index contributed by atoms with van der Waals surface area (Å²) in [6.45, 7) is 7.70. The Labute approximate surface area is 145 Å². The molecule has 0 aliphatic carbocycles. The number of imide groups is 1. The summed E-state index contributed by atoms with van der Waals surface area (Å²) in [6, 6.07) is 6.43. The molecule has 1 aliphatic rings. The molecule has 2 aromatic rings. The fourth-order valence-corrected chi connectivity index (χ4v) is 3.48. The van der Waals surface area contributed by atoms with E-state index in [0.29, 0.717) is 17.6 Å². The highest BCUT2D eigenvalue weighted by Crippen LogP contribution is 2.27. The van der Waals surface area contributed by atoms with Crippen LogP contribution in [0, 0.1) is 12.8 Å². The van der Waals surface area contributed by atoms with E-state index in [1.807, 2.05) is 32.9 Å². The van der Waals surface area contributed by atoms with E-state index >= 15 is 0 Å². The first-order chi connectivity index (χ1) is 11.7. The summed E-state index contributed by atoms with van der Waals surface area (Å²) in [5, 5.41) is 3.51. The largest absolute Gasteiger partial charge is 0.423 e. The average Bonchev–Trinajstić information content (AvgIpc) is 2.68. The molecule has 1 fully saturated rings. The van der Waals surface area contributed by atoms with Crippen molar-refractivity contribution in [2.45, 2.75) is 46.2 Å². The van der Waals surface area contributed by atoms with Crippen LogP contribution in [0.5, 0.6) is 0 Å². The highest BCUT2D eigenvalue weighted by Gasteiger charge is 2.47. The summed E-state index contributed by atoms with van der Waals surface area (Å²) < 4.78 is 5.24. The minimum Gasteiger partial charge on any atom is -0.423 e. The molecule has 1 aromatic carbocycles. The molecule has 3 amide bonds. The van der Waals surface area contributed by atoms with Crippen molar-refractivity contribution < 1.29 is 14.0 Å². The van der Waals surface area contributed by atoms with Crippen LogP contribution in [-0.2, 0) is 11.3 Å². The first-order valence-electron chi connectivity index (χ1n) is 8.37. The van der Waals surface area contributed by atoms with Crippen molar-refractivity contribution in [2.24, 2.45) is 5.92 Å². The zero-order valence-electron chi connectivity index (χ0n) is 14.9. The smallest absolute Gasteiger partial charge is 0.336 e. The van der Waals surface area contributed by atoms with E-state index in [-0.39, 0.29) is 18.4 Å². The molecular weight excluding hydrogens is 320 g/mol. The summed E-state index contributed by atoms with van der Waals surface area (Å²) in [4.78, 5) is 38.2. The monoisotopic (exact) mass is 342 g/mol. The quantitative estimate of drug-likeness (QED) is 0.684. The number of hydrogen-bond acceptors (Lipinski definition) is 4. The predicted octanol–water partition coefficient (Wildman–Crippen LogP) is 2.96. The first-order valence-corrected chi connectivity index (χ1v) is 8.37. The topological polar surface area (TPSA) is 79.6 Å². The van der Waals surface area contributed by atoms with E-state index in [4.69, 9.17) is 4.42 Å². The zero-order chi connectivity index (χ0) is 18.4. The van der Waals surface area contributed by atoms with Crippen LogP contribution < -0.4 is 10.9 Å². The van der Waals surface area contributed by atoms with Crippen molar-refractivity contribution in [1.82, 2.24) is 10.2 Å². The number of urea groups is 1. The molecule has 1 aliphatic heterocycles. The Morgan fingerprint density at radius 1 is 1.20 bits per heavy atom. The summed E-state index contributed by atoms with van der Waals surface area (Å²) in [5.74, 6) is 0.00137. The van der Waals surface area contributed by atoms with Gasteiger partial charge in [-0.15, -0.1) is 0 Å². The highest BCUT2D eigenvalue weighted by atomic mass is 16.4. The van der Waals surface area contributed by atoms with Crippen molar-refractivity contribution in [2.75, 3.05) is 0 Å². The van der Waals surface area contributed by atoms with Gasteiger partial charge in [0.1, 0.15) is 11.1 Å². The molecule has 1 saturated heterocycles. The Hall–Kier alpha value is -2.63. The van der Waals surface area contributed by atoms with Gasteiger partial charge in [-0.25, -0.2) is 9.59 Å². The number of amides is 3. The lowest BCUT2D eigenvalue weighted by Gasteiger charge is -2.23. The fourth-order valence-electron chi connectivity index (χ4n) is 3.48. The van der Waals surface area contributed by atoms with E-state index in [1.54, 1.807) is 13.0 Å². The second-order valence-electron chi connectivity index (χ2n) is 7.34. The maximum Gasteiger partial charge on any atom is 0.336 e. The van der Waals surface area contributed by atoms with Gasteiger partial charge in [-0.3, -0.25) is 9.69 Å². The minimum atomic E-state index is -0.906. The molecular formula is C19H22N2O4. The molecule has 1 atom stereocenters. The molecule has 0 saturated carbocycles. The van der Waals surface area contributed by atoms with Crippen LogP contribution in [0.15, 0.2) is 33.5 Å². The first kappa shape index (κ1) is 17.2. The maximum atomic E-state index is 12.8. The van der Waals surface area contributed by atoms with Crippen LogP contribution in [0.2, 0.25) is 0 Å². The number of nitrogens with zero attached hydrogens (tertiary/aromatic N) is 1. The Balaban J connectivity index is 1.98. The second kappa shape index (κ2) is 6.02. The Bertz CT molecular complexity index is 915. The minimum absolute atomic E-state index is 0.0452. The van der Waals surface area contributed by atoms with Gasteiger partial charge in [0.05, 0.1) is 6.54 Å². The van der Waals surface area contributed by atoms with E-state index in [0.717, 1.165) is 10.9 Å². The number of rotatable bonds is 4. The summed E-state index contributed by atoms with van der Waals surface area (Å²) in [6.07, 6.45) is 0.560. The van der Waals surface area contributed by atoms with Gasteiger partial charge in [-0.1, -0.05) is 26.0 Å². The van der Waals surface area contributed by atoms with Crippen molar-refractivity contribution in [3.05, 3.63) is 45.8 Å². The SMILES string of the molecule is Cc1ccc2c(CN3C(=O)NC(C)(CC(C)C)C3=O)cc(=O)oc2c1. The van der Waals surface area contributed by atoms with Crippen LogP contribution in [-0.4, -0.2) is 22.4 Å². The van der Waals surface area contributed by atoms with Gasteiger partial charge >= 0.3 is 11.7 Å². The lowest BCUT2D eigenvalue weighted by molar-refractivity contribution is -0.131. The average molecular weight is 342 g/mol. The molecule has 1 unspecified atom stereocenters. The number of hydrogen-bond donors (Lipinski definition) is 1. The Morgan fingerprint density at radius 3 is 2.60 bits per heavy atom. The number of nitrogens with one attached hydrogen (secondary N) is 1. The number of carbonyl (C=O) groups excluding carboxylic acids is 2. The second-order valence-corrected chi connectivity index (χ2v) is 7.34. The van der Waals surface area contributed by atoms with Crippen LogP contribution in [0.4, 0.5) is 4.79 Å². The van der Waals surface area contributed by atoms with Gasteiger partial charge in [-0.05, 0) is 43.4 Å². The Morgan fingerprint density at radius 2 is 1.92 bits per heavy atom. The molecule has 0 bridgehead atoms. The lowest BCUT2D eigenvalue weighted by atomic mass is 9.91. The van der Waals surface area contributed by atoms with Crippen LogP contribution in [0.3, 0.4) is 0 Å². The van der Waals surface area contributed by atoms with Crippen molar-refractivity contribution in [1.29, 1.82) is 0 Å². The number of benzene rings is 1. The zero-order valence-corrected chi connectivity index (χ0v) is 14.9. The molecule has 6 heteroatoms. The van der Waals surface area contributed by atoms with E-state index in [9.17, 15) is 14.4 Å². The third-order valence-electron chi connectivity index (χ3n) is 4.48. The molecule has 2 heterocycles. The van der Waals surface area contributed by atoms with Gasteiger partial charge in [0.15, 0.2) is 0 Å². The summed E-state index contributed by atoms with van der Waals surface area (Å²) >= 11 is 0. The third kappa shape index (κ3) is 3.16. The van der Waals surface area contributed by atoms with E-state index < -0.39 is 17.2 Å². The summed E-state index contributed by atoms with van der Waals surface area (Å²) in [7, 11) is 0. The number of carbonyl (C=O) groups is 2. The van der Waals surface area contributed by atoms with Gasteiger partial charge in [0.25, 0.3) is 5.91 Å². The van der Waals surface area contributed by atoms with Crippen LogP contribution >= 0.6 is 0 Å². The molecule has 0 spiro atoms. The van der Waals surface area contributed by atoms with Gasteiger partial charge < -0.3 is 9.73 Å². The predicted molar refractivity (Wildman–Crippen MR) is 94.2 cm³/mol. The standard InChI is InChI=1S/C19H22N2O4/c1-11(2)9-19(4)17(23)21(18(24)20-19)10-13-8-16(22)25-15-7-12(3)5-6-14(13)15/h5-8,11H,9-10H2,1-4H3,(H,20,24). The highest BCUT2D eigenvalue weighted by molar-refractivity contribution is 6.06. The lowest BCUT2D eigenvalue weighted by Crippen LogP contribution is -2.44. The van der Waals surface area contributed by atoms with Crippen molar-refractivity contribution in [3.63, 3.8) is 0 Å². The fraction of sp³-hybridized carbons (Fsp3) is 0.421. The molecule has 132 valence electrons. The number of aryl methyl sites for hydroxylation is 1. The molecule has 6 nitrogen and oxygen atoms in total. The Kier molecular flexibility index (Phi) is 4.14.